The molecule has 0 atom stereocenters. The molecule has 82 valence electrons. The lowest BCUT2D eigenvalue weighted by atomic mass is 10.3. The second kappa shape index (κ2) is 3.19. The Morgan fingerprint density at radius 3 is 2.69 bits per heavy atom. The molecule has 2 aromatic heterocycles. The number of nitrogens with two attached hydrogens (primary N) is 2. The molecule has 8 heteroatoms. The van der Waals surface area contributed by atoms with Gasteiger partial charge in [0.15, 0.2) is 17.2 Å². The number of anilines is 1. The van der Waals surface area contributed by atoms with Crippen LogP contribution >= 0.6 is 0 Å². The lowest BCUT2D eigenvalue weighted by molar-refractivity contribution is 0.0690. The Labute approximate surface area is 88.5 Å². The highest BCUT2D eigenvalue weighted by Gasteiger charge is 2.16. The number of carboxylic acids is 1. The number of hydrogen-bond acceptors (Lipinski definition) is 5. The highest BCUT2D eigenvalue weighted by atomic mass is 16.4. The molecule has 5 N–H and O–H groups in total. The first kappa shape index (κ1) is 9.90. The van der Waals surface area contributed by atoms with Crippen molar-refractivity contribution in [3.8, 4) is 0 Å². The van der Waals surface area contributed by atoms with Crippen LogP contribution in [0, 0.1) is 0 Å². The van der Waals surface area contributed by atoms with Gasteiger partial charge in [-0.1, -0.05) is 0 Å². The van der Waals surface area contributed by atoms with E-state index in [2.05, 4.69) is 9.97 Å². The van der Waals surface area contributed by atoms with Crippen LogP contribution in [-0.2, 0) is 0 Å². The molecule has 1 amide bonds. The molecule has 0 spiro atoms. The molecular formula is C8H7N5O3. The molecule has 0 saturated heterocycles. The fourth-order valence-corrected chi connectivity index (χ4v) is 1.34. The van der Waals surface area contributed by atoms with Crippen LogP contribution in [0.1, 0.15) is 21.0 Å². The van der Waals surface area contributed by atoms with Gasteiger partial charge in [0, 0.05) is 6.20 Å². The Balaban J connectivity index is 2.78. The van der Waals surface area contributed by atoms with E-state index >= 15 is 0 Å². The molecule has 2 aromatic rings. The highest BCUT2D eigenvalue weighted by Crippen LogP contribution is 2.16. The number of carbonyl (C=O) groups excluding carboxylic acids is 1. The summed E-state index contributed by atoms with van der Waals surface area (Å²) in [5, 5.41) is 8.74. The molecule has 0 radical (unpaired) electrons. The summed E-state index contributed by atoms with van der Waals surface area (Å²) < 4.78 is 1.30. The average molecular weight is 221 g/mol. The number of imidazole rings is 1. The first-order valence-corrected chi connectivity index (χ1v) is 4.17. The quantitative estimate of drug-likeness (QED) is 0.601. The summed E-state index contributed by atoms with van der Waals surface area (Å²) in [4.78, 5) is 29.0. The highest BCUT2D eigenvalue weighted by molar-refractivity contribution is 6.00. The van der Waals surface area contributed by atoms with Crippen molar-refractivity contribution in [2.24, 2.45) is 5.73 Å². The van der Waals surface area contributed by atoms with Gasteiger partial charge in [0.05, 0.1) is 0 Å². The molecule has 0 aliphatic carbocycles. The van der Waals surface area contributed by atoms with E-state index in [-0.39, 0.29) is 22.7 Å². The molecule has 8 nitrogen and oxygen atoms in total. The van der Waals surface area contributed by atoms with Crippen LogP contribution in [-0.4, -0.2) is 31.4 Å². The first-order valence-electron chi connectivity index (χ1n) is 4.17. The van der Waals surface area contributed by atoms with Gasteiger partial charge in [-0.2, -0.15) is 0 Å². The Kier molecular flexibility index (Phi) is 1.97. The van der Waals surface area contributed by atoms with Crippen molar-refractivity contribution in [1.29, 1.82) is 0 Å². The average Bonchev–Trinajstić information content (AvgIpc) is 2.61. The van der Waals surface area contributed by atoms with Gasteiger partial charge in [-0.05, 0) is 0 Å². The molecule has 2 rings (SSSR count). The molecular weight excluding hydrogens is 214 g/mol. The van der Waals surface area contributed by atoms with Gasteiger partial charge < -0.3 is 16.6 Å². The molecule has 0 fully saturated rings. The zero-order chi connectivity index (χ0) is 11.9. The number of nitrogen functional groups attached to an aromatic ring is 1. The first-order chi connectivity index (χ1) is 7.50. The summed E-state index contributed by atoms with van der Waals surface area (Å²) in [6, 6.07) is 0. The lowest BCUT2D eigenvalue weighted by Gasteiger charge is -2.01. The predicted octanol–water partition coefficient (Wildman–Crippen LogP) is -0.891. The van der Waals surface area contributed by atoms with Gasteiger partial charge >= 0.3 is 5.97 Å². The molecule has 0 aromatic carbocycles. The van der Waals surface area contributed by atoms with Crippen molar-refractivity contribution >= 4 is 23.2 Å². The Hall–Kier alpha value is -2.64. The van der Waals surface area contributed by atoms with E-state index < -0.39 is 11.9 Å². The number of aromatic carboxylic acids is 1. The molecule has 0 bridgehead atoms. The maximum absolute atomic E-state index is 11.0. The summed E-state index contributed by atoms with van der Waals surface area (Å²) in [6.45, 7) is 0. The summed E-state index contributed by atoms with van der Waals surface area (Å²) in [6.07, 6.45) is 2.45. The Bertz CT molecular complexity index is 603. The monoisotopic (exact) mass is 221 g/mol. The molecule has 0 aliphatic heterocycles. The van der Waals surface area contributed by atoms with E-state index in [1.54, 1.807) is 0 Å². The molecule has 0 aliphatic rings. The normalized spacial score (nSPS) is 10.5. The predicted molar refractivity (Wildman–Crippen MR) is 52.9 cm³/mol. The fraction of sp³-hybridized carbons (Fsp3) is 0. The van der Waals surface area contributed by atoms with E-state index in [9.17, 15) is 9.59 Å². The minimum Gasteiger partial charge on any atom is -0.476 e. The van der Waals surface area contributed by atoms with E-state index in [1.165, 1.54) is 16.9 Å². The van der Waals surface area contributed by atoms with Crippen LogP contribution in [0.3, 0.4) is 0 Å². The Morgan fingerprint density at radius 1 is 1.44 bits per heavy atom. The second-order valence-corrected chi connectivity index (χ2v) is 3.03. The van der Waals surface area contributed by atoms with E-state index in [0.29, 0.717) is 0 Å². The van der Waals surface area contributed by atoms with Crippen molar-refractivity contribution in [3.63, 3.8) is 0 Å². The number of aromatic nitrogens is 3. The van der Waals surface area contributed by atoms with Crippen LogP contribution < -0.4 is 11.5 Å². The van der Waals surface area contributed by atoms with Crippen LogP contribution in [0.5, 0.6) is 0 Å². The number of carbonyl (C=O) groups is 2. The molecule has 0 saturated carbocycles. The van der Waals surface area contributed by atoms with Crippen molar-refractivity contribution in [2.45, 2.75) is 0 Å². The number of carboxylic acid groups (broad SMARTS) is 1. The SMILES string of the molecule is NC(=O)c1ncn2cc(C(=O)O)nc(N)c12. The van der Waals surface area contributed by atoms with E-state index in [1.807, 2.05) is 0 Å². The van der Waals surface area contributed by atoms with Crippen molar-refractivity contribution < 1.29 is 14.7 Å². The van der Waals surface area contributed by atoms with Crippen molar-refractivity contribution in [2.75, 3.05) is 5.73 Å². The van der Waals surface area contributed by atoms with E-state index in [0.717, 1.165) is 0 Å². The third-order valence-corrected chi connectivity index (χ3v) is 1.99. The number of rotatable bonds is 2. The number of amides is 1. The standard InChI is InChI=1S/C8H7N5O3/c9-6-5-4(7(10)14)11-2-13(5)1-3(12-6)8(15)16/h1-2H,(H2,9,12)(H2,10,14)(H,15,16). The van der Waals surface area contributed by atoms with Crippen LogP contribution in [0.2, 0.25) is 0 Å². The third kappa shape index (κ3) is 1.32. The van der Waals surface area contributed by atoms with Crippen LogP contribution in [0.15, 0.2) is 12.5 Å². The van der Waals surface area contributed by atoms with Gasteiger partial charge in [0.1, 0.15) is 11.8 Å². The zero-order valence-corrected chi connectivity index (χ0v) is 7.91. The van der Waals surface area contributed by atoms with Gasteiger partial charge in [-0.15, -0.1) is 0 Å². The van der Waals surface area contributed by atoms with Gasteiger partial charge in [0.2, 0.25) is 0 Å². The second-order valence-electron chi connectivity index (χ2n) is 3.03. The van der Waals surface area contributed by atoms with Gasteiger partial charge in [-0.3, -0.25) is 9.20 Å². The van der Waals surface area contributed by atoms with Gasteiger partial charge in [0.25, 0.3) is 5.91 Å². The minimum atomic E-state index is -1.22. The minimum absolute atomic E-state index is 0.0399. The number of nitrogens with zero attached hydrogens (tertiary/aromatic N) is 3. The fourth-order valence-electron chi connectivity index (χ4n) is 1.34. The number of hydrogen-bond donors (Lipinski definition) is 3. The van der Waals surface area contributed by atoms with Crippen LogP contribution in [0.4, 0.5) is 5.82 Å². The van der Waals surface area contributed by atoms with Crippen molar-refractivity contribution in [1.82, 2.24) is 14.4 Å². The summed E-state index contributed by atoms with van der Waals surface area (Å²) in [5.41, 5.74) is 10.5. The van der Waals surface area contributed by atoms with E-state index in [4.69, 9.17) is 16.6 Å². The zero-order valence-electron chi connectivity index (χ0n) is 7.91. The van der Waals surface area contributed by atoms with Crippen LogP contribution in [0.25, 0.3) is 5.52 Å². The largest absolute Gasteiger partial charge is 0.476 e. The van der Waals surface area contributed by atoms with Gasteiger partial charge in [-0.25, -0.2) is 14.8 Å². The number of fused-ring (bicyclic) bond motifs is 1. The maximum Gasteiger partial charge on any atom is 0.356 e. The summed E-state index contributed by atoms with van der Waals surface area (Å²) in [5.74, 6) is -2.08. The maximum atomic E-state index is 11.0. The summed E-state index contributed by atoms with van der Waals surface area (Å²) in [7, 11) is 0. The molecule has 2 heterocycles. The smallest absolute Gasteiger partial charge is 0.356 e. The Morgan fingerprint density at radius 2 is 2.12 bits per heavy atom. The summed E-state index contributed by atoms with van der Waals surface area (Å²) >= 11 is 0. The number of primary amides is 1. The third-order valence-electron chi connectivity index (χ3n) is 1.99. The lowest BCUT2D eigenvalue weighted by Crippen LogP contribution is -2.13. The molecule has 0 unspecified atom stereocenters. The topological polar surface area (TPSA) is 137 Å². The van der Waals surface area contributed by atoms with Crippen molar-refractivity contribution in [3.05, 3.63) is 23.9 Å². The molecule has 16 heavy (non-hydrogen) atoms.